The van der Waals surface area contributed by atoms with Crippen LogP contribution < -0.4 is 4.90 Å². The van der Waals surface area contributed by atoms with Gasteiger partial charge in [-0.15, -0.1) is 0 Å². The zero-order chi connectivity index (χ0) is 22.1. The van der Waals surface area contributed by atoms with Gasteiger partial charge in [0.05, 0.1) is 11.5 Å². The van der Waals surface area contributed by atoms with Gasteiger partial charge in [0, 0.05) is 18.8 Å². The van der Waals surface area contributed by atoms with Gasteiger partial charge in [0.15, 0.2) is 4.91 Å². The summed E-state index contributed by atoms with van der Waals surface area (Å²) in [6, 6.07) is 14.8. The van der Waals surface area contributed by atoms with Crippen LogP contribution in [0.4, 0.5) is 5.69 Å². The molecule has 0 fully saturated rings. The standard InChI is InChI=1S/C23H23NO5S/c1-4-19-13-15-21(16-14-19)30(27,28)22(23(26)29-5-2)12-9-17-24(18(3)25)20-10-7-6-8-11-20/h4,6-17H,1,5H2,2-3H3. The predicted molar refractivity (Wildman–Crippen MR) is 117 cm³/mol. The number of hydrogen-bond donors (Lipinski definition) is 0. The molecule has 0 aliphatic carbocycles. The Hall–Kier alpha value is -3.45. The Morgan fingerprint density at radius 2 is 1.70 bits per heavy atom. The van der Waals surface area contributed by atoms with Crippen LogP contribution in [0.2, 0.25) is 0 Å². The molecule has 6 nitrogen and oxygen atoms in total. The third-order valence-electron chi connectivity index (χ3n) is 4.05. The Balaban J connectivity index is 2.45. The van der Waals surface area contributed by atoms with Crippen molar-refractivity contribution in [2.24, 2.45) is 0 Å². The minimum Gasteiger partial charge on any atom is -0.462 e. The molecule has 0 heterocycles. The highest BCUT2D eigenvalue weighted by molar-refractivity contribution is 7.96. The van der Waals surface area contributed by atoms with E-state index in [2.05, 4.69) is 6.58 Å². The second-order valence-corrected chi connectivity index (χ2v) is 8.01. The number of hydrogen-bond acceptors (Lipinski definition) is 5. The second kappa shape index (κ2) is 10.4. The van der Waals surface area contributed by atoms with Crippen molar-refractivity contribution in [2.45, 2.75) is 18.7 Å². The summed E-state index contributed by atoms with van der Waals surface area (Å²) in [5.74, 6) is -1.24. The quantitative estimate of drug-likeness (QED) is 0.361. The van der Waals surface area contributed by atoms with Crippen LogP contribution in [0.5, 0.6) is 0 Å². The number of nitrogens with zero attached hydrogens (tertiary/aromatic N) is 1. The number of benzene rings is 2. The number of anilines is 1. The van der Waals surface area contributed by atoms with Crippen LogP contribution in [-0.4, -0.2) is 26.9 Å². The summed E-state index contributed by atoms with van der Waals surface area (Å²) in [5.41, 5.74) is 1.35. The molecule has 1 amide bonds. The highest BCUT2D eigenvalue weighted by atomic mass is 32.2. The number of esters is 1. The minimum absolute atomic E-state index is 0.0222. The first-order valence-electron chi connectivity index (χ1n) is 9.19. The zero-order valence-corrected chi connectivity index (χ0v) is 17.6. The van der Waals surface area contributed by atoms with Crippen molar-refractivity contribution in [3.05, 3.63) is 90.0 Å². The van der Waals surface area contributed by atoms with Crippen molar-refractivity contribution < 1.29 is 22.7 Å². The fourth-order valence-corrected chi connectivity index (χ4v) is 3.84. The molecule has 0 saturated heterocycles. The Kier molecular flexibility index (Phi) is 7.89. The molecule has 0 saturated carbocycles. The maximum absolute atomic E-state index is 13.0. The van der Waals surface area contributed by atoms with Crippen molar-refractivity contribution in [3.8, 4) is 0 Å². The maximum atomic E-state index is 13.0. The summed E-state index contributed by atoms with van der Waals surface area (Å²) < 4.78 is 31.0. The van der Waals surface area contributed by atoms with Crippen LogP contribution in [-0.2, 0) is 24.2 Å². The summed E-state index contributed by atoms with van der Waals surface area (Å²) in [6.45, 7) is 6.62. The lowest BCUT2D eigenvalue weighted by Gasteiger charge is -2.16. The van der Waals surface area contributed by atoms with E-state index in [1.165, 1.54) is 36.2 Å². The SMILES string of the molecule is C=Cc1ccc(S(=O)(=O)C(=CC=CN(C(C)=O)c2ccccc2)C(=O)OCC)cc1. The van der Waals surface area contributed by atoms with E-state index in [-0.39, 0.29) is 17.4 Å². The van der Waals surface area contributed by atoms with Crippen LogP contribution in [0.15, 0.2) is 89.3 Å². The van der Waals surface area contributed by atoms with E-state index in [1.807, 2.05) is 6.07 Å². The van der Waals surface area contributed by atoms with E-state index in [4.69, 9.17) is 4.74 Å². The number of ether oxygens (including phenoxy) is 1. The third-order valence-corrected chi connectivity index (χ3v) is 5.82. The Labute approximate surface area is 176 Å². The van der Waals surface area contributed by atoms with Crippen LogP contribution in [0.1, 0.15) is 19.4 Å². The summed E-state index contributed by atoms with van der Waals surface area (Å²) in [5, 5.41) is 0. The molecule has 2 aromatic rings. The molecule has 0 atom stereocenters. The van der Waals surface area contributed by atoms with Crippen LogP contribution in [0.25, 0.3) is 6.08 Å². The molecule has 2 aromatic carbocycles. The average molecular weight is 426 g/mol. The summed E-state index contributed by atoms with van der Waals surface area (Å²) in [4.78, 5) is 25.1. The summed E-state index contributed by atoms with van der Waals surface area (Å²) in [7, 11) is -4.13. The number of para-hydroxylation sites is 1. The Morgan fingerprint density at radius 3 is 2.23 bits per heavy atom. The van der Waals surface area contributed by atoms with E-state index in [0.29, 0.717) is 5.69 Å². The van der Waals surface area contributed by atoms with Crippen molar-refractivity contribution in [2.75, 3.05) is 11.5 Å². The van der Waals surface area contributed by atoms with Crippen molar-refractivity contribution in [1.82, 2.24) is 0 Å². The second-order valence-electron chi connectivity index (χ2n) is 6.09. The van der Waals surface area contributed by atoms with Gasteiger partial charge >= 0.3 is 5.97 Å². The Morgan fingerprint density at radius 1 is 1.07 bits per heavy atom. The topological polar surface area (TPSA) is 80.8 Å². The van der Waals surface area contributed by atoms with Gasteiger partial charge in [-0.1, -0.05) is 43.0 Å². The molecule has 0 aromatic heterocycles. The normalized spacial score (nSPS) is 11.9. The van der Waals surface area contributed by atoms with Crippen LogP contribution in [0, 0.1) is 0 Å². The molecule has 0 unspecified atom stereocenters. The molecule has 0 radical (unpaired) electrons. The van der Waals surface area contributed by atoms with Gasteiger partial charge in [-0.05, 0) is 48.9 Å². The van der Waals surface area contributed by atoms with Crippen LogP contribution in [0.3, 0.4) is 0 Å². The molecule has 156 valence electrons. The van der Waals surface area contributed by atoms with Gasteiger partial charge in [-0.3, -0.25) is 9.69 Å². The zero-order valence-electron chi connectivity index (χ0n) is 16.8. The van der Waals surface area contributed by atoms with Gasteiger partial charge in [-0.2, -0.15) is 0 Å². The van der Waals surface area contributed by atoms with Gasteiger partial charge in [-0.25, -0.2) is 13.2 Å². The minimum atomic E-state index is -4.13. The lowest BCUT2D eigenvalue weighted by atomic mass is 10.2. The van der Waals surface area contributed by atoms with E-state index < -0.39 is 20.7 Å². The van der Waals surface area contributed by atoms with Gasteiger partial charge in [0.2, 0.25) is 15.7 Å². The van der Waals surface area contributed by atoms with E-state index >= 15 is 0 Å². The smallest absolute Gasteiger partial charge is 0.350 e. The first-order valence-corrected chi connectivity index (χ1v) is 10.7. The number of carbonyl (C=O) groups excluding carboxylic acids is 2. The van der Waals surface area contributed by atoms with Gasteiger partial charge < -0.3 is 4.74 Å². The predicted octanol–water partition coefficient (Wildman–Crippen LogP) is 4.12. The number of allylic oxidation sites excluding steroid dienone is 2. The first-order chi connectivity index (χ1) is 14.3. The van der Waals surface area contributed by atoms with Crippen LogP contribution >= 0.6 is 0 Å². The van der Waals surface area contributed by atoms with Crippen molar-refractivity contribution in [3.63, 3.8) is 0 Å². The number of rotatable bonds is 8. The largest absolute Gasteiger partial charge is 0.462 e. The summed E-state index contributed by atoms with van der Waals surface area (Å²) in [6.07, 6.45) is 5.44. The highest BCUT2D eigenvalue weighted by Gasteiger charge is 2.27. The number of sulfone groups is 1. The molecular formula is C23H23NO5S. The molecule has 0 bridgehead atoms. The molecule has 7 heteroatoms. The molecular weight excluding hydrogens is 402 g/mol. The fourth-order valence-electron chi connectivity index (χ4n) is 2.56. The Bertz CT molecular complexity index is 1070. The first kappa shape index (κ1) is 22.8. The molecule has 0 spiro atoms. The summed E-state index contributed by atoms with van der Waals surface area (Å²) >= 11 is 0. The molecule has 0 aliphatic rings. The van der Waals surface area contributed by atoms with E-state index in [1.54, 1.807) is 49.4 Å². The lowest BCUT2D eigenvalue weighted by Crippen LogP contribution is -2.21. The lowest BCUT2D eigenvalue weighted by molar-refractivity contribution is -0.137. The fraction of sp³-hybridized carbons (Fsp3) is 0.130. The maximum Gasteiger partial charge on any atom is 0.350 e. The monoisotopic (exact) mass is 425 g/mol. The van der Waals surface area contributed by atoms with E-state index in [0.717, 1.165) is 11.6 Å². The van der Waals surface area contributed by atoms with Gasteiger partial charge in [0.25, 0.3) is 0 Å². The molecule has 2 rings (SSSR count). The number of amides is 1. The van der Waals surface area contributed by atoms with Gasteiger partial charge in [0.1, 0.15) is 0 Å². The van der Waals surface area contributed by atoms with Crippen molar-refractivity contribution >= 4 is 33.5 Å². The molecule has 30 heavy (non-hydrogen) atoms. The average Bonchev–Trinajstić information content (AvgIpc) is 2.74. The molecule has 0 N–H and O–H groups in total. The van der Waals surface area contributed by atoms with E-state index in [9.17, 15) is 18.0 Å². The third kappa shape index (κ3) is 5.55. The van der Waals surface area contributed by atoms with Crippen molar-refractivity contribution in [1.29, 1.82) is 0 Å². The highest BCUT2D eigenvalue weighted by Crippen LogP contribution is 2.22. The molecule has 0 aliphatic heterocycles. The number of carbonyl (C=O) groups is 2.